The van der Waals surface area contributed by atoms with Gasteiger partial charge in [0.2, 0.25) is 5.50 Å². The number of halogens is 1. The second-order valence-electron chi connectivity index (χ2n) is 8.38. The summed E-state index contributed by atoms with van der Waals surface area (Å²) < 4.78 is 52.3. The molecule has 1 atom stereocenters. The van der Waals surface area contributed by atoms with Crippen LogP contribution in [0.25, 0.3) is 11.0 Å². The van der Waals surface area contributed by atoms with Crippen LogP contribution in [0.2, 0.25) is 0 Å². The Kier molecular flexibility index (Phi) is 5.55. The Balaban J connectivity index is 1.25. The molecule has 11 heteroatoms. The molecule has 0 aliphatic carbocycles. The van der Waals surface area contributed by atoms with Crippen LogP contribution >= 0.6 is 0 Å². The van der Waals surface area contributed by atoms with Gasteiger partial charge in [0.25, 0.3) is 5.91 Å². The fourth-order valence-corrected chi connectivity index (χ4v) is 5.42. The van der Waals surface area contributed by atoms with Gasteiger partial charge in [-0.25, -0.2) is 4.39 Å². The van der Waals surface area contributed by atoms with Crippen molar-refractivity contribution in [1.82, 2.24) is 15.0 Å². The van der Waals surface area contributed by atoms with E-state index < -0.39 is 21.5 Å². The van der Waals surface area contributed by atoms with E-state index >= 15 is 0 Å². The molecule has 2 aliphatic heterocycles. The minimum atomic E-state index is -4.54. The van der Waals surface area contributed by atoms with Gasteiger partial charge >= 0.3 is 10.1 Å². The molecule has 2 aromatic carbocycles. The molecule has 2 N–H and O–H groups in total. The molecule has 9 nitrogen and oxygen atoms in total. The van der Waals surface area contributed by atoms with Crippen LogP contribution < -0.4 is 5.32 Å². The zero-order valence-electron chi connectivity index (χ0n) is 17.6. The minimum Gasteiger partial charge on any atom is -0.356 e. The Morgan fingerprint density at radius 1 is 1.15 bits per heavy atom. The molecule has 3 heterocycles. The number of carbonyl (C=O) groups excluding carboxylic acids is 1. The molecule has 2 aliphatic rings. The third-order valence-electron chi connectivity index (χ3n) is 6.36. The molecule has 0 bridgehead atoms. The van der Waals surface area contributed by atoms with Crippen LogP contribution in [-0.4, -0.2) is 65.5 Å². The highest BCUT2D eigenvalue weighted by Gasteiger charge is 2.39. The summed E-state index contributed by atoms with van der Waals surface area (Å²) in [5.41, 5.74) is 0.467. The van der Waals surface area contributed by atoms with Crippen molar-refractivity contribution in [2.24, 2.45) is 0 Å². The average molecular weight is 475 g/mol. The lowest BCUT2D eigenvalue weighted by Crippen LogP contribution is -2.55. The van der Waals surface area contributed by atoms with E-state index in [2.05, 4.69) is 15.4 Å². The quantitative estimate of drug-likeness (QED) is 0.543. The number of fused-ring (bicyclic) bond motifs is 2. The molecular weight excluding hydrogens is 451 g/mol. The molecule has 33 heavy (non-hydrogen) atoms. The second-order valence-corrected chi connectivity index (χ2v) is 9.86. The Morgan fingerprint density at radius 3 is 2.67 bits per heavy atom. The first-order chi connectivity index (χ1) is 15.8. The lowest BCUT2D eigenvalue weighted by atomic mass is 9.91. The summed E-state index contributed by atoms with van der Waals surface area (Å²) in [4.78, 5) is 16.3. The number of likely N-dealkylation sites (tertiary alicyclic amines) is 1. The van der Waals surface area contributed by atoms with Gasteiger partial charge in [-0.15, -0.1) is 0 Å². The van der Waals surface area contributed by atoms with Crippen molar-refractivity contribution in [2.75, 3.05) is 31.5 Å². The minimum absolute atomic E-state index is 0.140. The highest BCUT2D eigenvalue weighted by molar-refractivity contribution is 7.86. The molecule has 1 aromatic heterocycles. The van der Waals surface area contributed by atoms with Gasteiger partial charge < -0.3 is 19.6 Å². The number of para-hydroxylation sites is 1. The van der Waals surface area contributed by atoms with E-state index in [4.69, 9.17) is 4.52 Å². The summed E-state index contributed by atoms with van der Waals surface area (Å²) in [6.07, 6.45) is 1.60. The Labute approximate surface area is 189 Å². The number of hydrogen-bond donors (Lipinski definition) is 2. The zero-order valence-corrected chi connectivity index (χ0v) is 18.5. The van der Waals surface area contributed by atoms with E-state index in [1.807, 2.05) is 0 Å². The molecule has 174 valence electrons. The van der Waals surface area contributed by atoms with Crippen molar-refractivity contribution >= 4 is 32.7 Å². The van der Waals surface area contributed by atoms with E-state index in [-0.39, 0.29) is 18.3 Å². The summed E-state index contributed by atoms with van der Waals surface area (Å²) in [7, 11) is -4.54. The number of piperidine rings is 1. The molecule has 1 amide bonds. The summed E-state index contributed by atoms with van der Waals surface area (Å²) in [6, 6.07) is 11.0. The lowest BCUT2D eigenvalue weighted by molar-refractivity contribution is 0.0697. The van der Waals surface area contributed by atoms with Gasteiger partial charge in [0.05, 0.1) is 11.3 Å². The molecule has 1 unspecified atom stereocenters. The van der Waals surface area contributed by atoms with E-state index in [1.54, 1.807) is 30.3 Å². The van der Waals surface area contributed by atoms with Crippen LogP contribution in [0.1, 0.15) is 34.8 Å². The number of anilines is 1. The largest absolute Gasteiger partial charge is 0.356 e. The van der Waals surface area contributed by atoms with Crippen LogP contribution in [-0.2, 0) is 10.1 Å². The number of aromatic nitrogens is 1. The van der Waals surface area contributed by atoms with Gasteiger partial charge in [0.1, 0.15) is 5.82 Å². The third-order valence-corrected chi connectivity index (χ3v) is 7.29. The zero-order chi connectivity index (χ0) is 23.2. The van der Waals surface area contributed by atoms with E-state index in [0.29, 0.717) is 23.4 Å². The first kappa shape index (κ1) is 21.8. The van der Waals surface area contributed by atoms with Gasteiger partial charge in [-0.3, -0.25) is 9.35 Å². The molecule has 1 fully saturated rings. The molecule has 0 radical (unpaired) electrons. The van der Waals surface area contributed by atoms with Gasteiger partial charge in [-0.1, -0.05) is 17.3 Å². The number of carbonyl (C=O) groups is 1. The van der Waals surface area contributed by atoms with Crippen molar-refractivity contribution in [3.05, 3.63) is 59.5 Å². The maximum atomic E-state index is 13.4. The summed E-state index contributed by atoms with van der Waals surface area (Å²) in [6.45, 7) is 2.05. The number of nitrogens with zero attached hydrogens (tertiary/aromatic N) is 3. The summed E-state index contributed by atoms with van der Waals surface area (Å²) in [5, 5.41) is 7.73. The van der Waals surface area contributed by atoms with Gasteiger partial charge in [-0.05, 0) is 50.2 Å². The number of benzene rings is 2. The Morgan fingerprint density at radius 2 is 1.91 bits per heavy atom. The van der Waals surface area contributed by atoms with Gasteiger partial charge in [0.15, 0.2) is 5.58 Å². The predicted molar refractivity (Wildman–Crippen MR) is 119 cm³/mol. The van der Waals surface area contributed by atoms with Crippen LogP contribution in [0.4, 0.5) is 10.1 Å². The van der Waals surface area contributed by atoms with E-state index in [9.17, 15) is 22.2 Å². The van der Waals surface area contributed by atoms with Gasteiger partial charge in [0, 0.05) is 36.1 Å². The van der Waals surface area contributed by atoms with Crippen molar-refractivity contribution in [3.63, 3.8) is 0 Å². The highest BCUT2D eigenvalue weighted by Crippen LogP contribution is 2.33. The van der Waals surface area contributed by atoms with Crippen molar-refractivity contribution in [2.45, 2.75) is 24.3 Å². The van der Waals surface area contributed by atoms with Crippen LogP contribution in [0, 0.1) is 5.82 Å². The maximum Gasteiger partial charge on any atom is 0.306 e. The Hall–Kier alpha value is -3.02. The third kappa shape index (κ3) is 4.19. The van der Waals surface area contributed by atoms with E-state index in [1.165, 1.54) is 12.1 Å². The van der Waals surface area contributed by atoms with E-state index in [0.717, 1.165) is 41.9 Å². The number of nitrogens with one attached hydrogen (secondary N) is 1. The van der Waals surface area contributed by atoms with Crippen LogP contribution in [0.5, 0.6) is 0 Å². The smallest absolute Gasteiger partial charge is 0.306 e. The standard InChI is InChI=1S/C22H23FN4O5S/c23-15-5-6-17-19(13-15)32-25-20(17)14-7-9-26(10-8-14)11-12-27-21(28)16-3-1-2-4-18(16)24-22(27)33(29,30)31/h1-6,13-14,22,24H,7-12H2,(H,29,30,31). The maximum absolute atomic E-state index is 13.4. The average Bonchev–Trinajstić information content (AvgIpc) is 3.21. The second kappa shape index (κ2) is 8.40. The van der Waals surface area contributed by atoms with Gasteiger partial charge in [-0.2, -0.15) is 8.42 Å². The molecule has 5 rings (SSSR count). The van der Waals surface area contributed by atoms with Crippen LogP contribution in [0.15, 0.2) is 47.0 Å². The number of amides is 1. The monoisotopic (exact) mass is 474 g/mol. The van der Waals surface area contributed by atoms with Crippen molar-refractivity contribution in [3.8, 4) is 0 Å². The topological polar surface area (TPSA) is 116 Å². The number of rotatable bonds is 5. The number of hydrogen-bond acceptors (Lipinski definition) is 7. The molecule has 0 spiro atoms. The summed E-state index contributed by atoms with van der Waals surface area (Å²) in [5.74, 6) is -0.639. The normalized spacial score (nSPS) is 20.1. The highest BCUT2D eigenvalue weighted by atomic mass is 32.2. The van der Waals surface area contributed by atoms with Crippen molar-refractivity contribution < 1.29 is 26.7 Å². The predicted octanol–water partition coefficient (Wildman–Crippen LogP) is 2.89. The summed E-state index contributed by atoms with van der Waals surface area (Å²) >= 11 is 0. The van der Waals surface area contributed by atoms with Crippen molar-refractivity contribution in [1.29, 1.82) is 0 Å². The lowest BCUT2D eigenvalue weighted by Gasteiger charge is -2.38. The van der Waals surface area contributed by atoms with Crippen LogP contribution in [0.3, 0.4) is 0 Å². The molecule has 3 aromatic rings. The molecular formula is C22H23FN4O5S. The SMILES string of the molecule is O=C1c2ccccc2NC(S(=O)(=O)O)N1CCN1CCC(c2noc3cc(F)ccc23)CC1. The Bertz CT molecular complexity index is 1300. The fourth-order valence-electron chi connectivity index (χ4n) is 4.63. The first-order valence-corrected chi connectivity index (χ1v) is 12.2. The first-order valence-electron chi connectivity index (χ1n) is 10.7. The fraction of sp³-hybridized carbons (Fsp3) is 0.364. The molecule has 1 saturated heterocycles. The molecule has 0 saturated carbocycles.